The van der Waals surface area contributed by atoms with Gasteiger partial charge in [-0.05, 0) is 30.7 Å². The molecule has 2 heterocycles. The molecule has 0 amide bonds. The topological polar surface area (TPSA) is 99.4 Å². The molecule has 0 unspecified atom stereocenters. The van der Waals surface area contributed by atoms with E-state index in [0.717, 1.165) is 16.7 Å². The fourth-order valence-corrected chi connectivity index (χ4v) is 4.00. The number of para-hydroxylation sites is 1. The zero-order chi connectivity index (χ0) is 22.2. The Kier molecular flexibility index (Phi) is 4.75. The number of aromatic amines is 1. The maximum absolute atomic E-state index is 12.8. The van der Waals surface area contributed by atoms with Gasteiger partial charge in [-0.25, -0.2) is 4.79 Å². The van der Waals surface area contributed by atoms with Gasteiger partial charge in [-0.1, -0.05) is 54.1 Å². The molecule has 0 saturated heterocycles. The van der Waals surface area contributed by atoms with Gasteiger partial charge in [-0.15, -0.1) is 0 Å². The van der Waals surface area contributed by atoms with E-state index in [2.05, 4.69) is 10.2 Å². The predicted octanol–water partition coefficient (Wildman–Crippen LogP) is 5.16. The minimum absolute atomic E-state index is 0.104. The monoisotopic (exact) mass is 424 g/mol. The van der Waals surface area contributed by atoms with Crippen LogP contribution in [-0.2, 0) is 6.42 Å². The summed E-state index contributed by atoms with van der Waals surface area (Å²) < 4.78 is 5.70. The molecule has 0 saturated carbocycles. The van der Waals surface area contributed by atoms with E-state index in [9.17, 15) is 15.0 Å². The number of nitrogens with zero attached hydrogens (tertiary/aromatic N) is 1. The number of hydrogen-bond donors (Lipinski definition) is 3. The van der Waals surface area contributed by atoms with Crippen molar-refractivity contribution in [2.24, 2.45) is 0 Å². The number of phenols is 1. The van der Waals surface area contributed by atoms with Crippen molar-refractivity contribution in [1.29, 1.82) is 0 Å². The molecule has 0 fully saturated rings. The van der Waals surface area contributed by atoms with Crippen LogP contribution in [-0.4, -0.2) is 20.4 Å². The Balaban J connectivity index is 1.63. The molecule has 0 spiro atoms. The van der Waals surface area contributed by atoms with Gasteiger partial charge >= 0.3 is 5.63 Å². The molecule has 2 aromatic heterocycles. The predicted molar refractivity (Wildman–Crippen MR) is 123 cm³/mol. The van der Waals surface area contributed by atoms with Crippen molar-refractivity contribution in [2.45, 2.75) is 13.3 Å². The van der Waals surface area contributed by atoms with Crippen molar-refractivity contribution in [2.75, 3.05) is 0 Å². The first-order valence-electron chi connectivity index (χ1n) is 10.2. The van der Waals surface area contributed by atoms with Crippen LogP contribution in [0.15, 0.2) is 82.1 Å². The van der Waals surface area contributed by atoms with Crippen molar-refractivity contribution in [3.05, 3.63) is 100 Å². The smallest absolute Gasteiger partial charge is 0.347 e. The Hall–Kier alpha value is -4.32. The molecule has 5 aromatic rings. The third-order valence-corrected chi connectivity index (χ3v) is 5.57. The van der Waals surface area contributed by atoms with E-state index in [-0.39, 0.29) is 17.1 Å². The molecule has 3 N–H and O–H groups in total. The number of fused-ring (bicyclic) bond motifs is 1. The molecule has 0 aliphatic heterocycles. The fourth-order valence-electron chi connectivity index (χ4n) is 4.00. The first kappa shape index (κ1) is 19.6. The molecular formula is C26H20N2O4. The first-order chi connectivity index (χ1) is 15.5. The number of aromatic nitrogens is 2. The van der Waals surface area contributed by atoms with E-state index < -0.39 is 5.63 Å². The van der Waals surface area contributed by atoms with Crippen molar-refractivity contribution in [3.8, 4) is 33.9 Å². The SMILES string of the molecule is Cc1ccc(O)c(-c2[nH]ncc2Cc2cccc3c(O)c(-c4ccccc4)c(=O)oc23)c1. The van der Waals surface area contributed by atoms with Gasteiger partial charge in [0, 0.05) is 23.1 Å². The molecule has 5 rings (SSSR count). The number of H-pyrrole nitrogens is 1. The highest BCUT2D eigenvalue weighted by molar-refractivity contribution is 5.92. The zero-order valence-corrected chi connectivity index (χ0v) is 17.3. The normalized spacial score (nSPS) is 11.2. The number of aryl methyl sites for hydroxylation is 1. The van der Waals surface area contributed by atoms with E-state index in [1.54, 1.807) is 42.6 Å². The van der Waals surface area contributed by atoms with Gasteiger partial charge in [0.05, 0.1) is 17.3 Å². The minimum Gasteiger partial charge on any atom is -0.507 e. The summed E-state index contributed by atoms with van der Waals surface area (Å²) in [5, 5.41) is 28.8. The molecule has 158 valence electrons. The lowest BCUT2D eigenvalue weighted by Crippen LogP contribution is -2.05. The van der Waals surface area contributed by atoms with Gasteiger partial charge in [-0.3, -0.25) is 5.10 Å². The summed E-state index contributed by atoms with van der Waals surface area (Å²) in [5.74, 6) is 0.0451. The molecule has 6 heteroatoms. The van der Waals surface area contributed by atoms with Crippen LogP contribution < -0.4 is 5.63 Å². The van der Waals surface area contributed by atoms with Crippen molar-refractivity contribution >= 4 is 11.0 Å². The largest absolute Gasteiger partial charge is 0.507 e. The summed E-state index contributed by atoms with van der Waals surface area (Å²) in [5.41, 5.74) is 4.36. The molecule has 0 aliphatic carbocycles. The fraction of sp³-hybridized carbons (Fsp3) is 0.0769. The average Bonchev–Trinajstić information content (AvgIpc) is 3.25. The number of benzene rings is 3. The van der Waals surface area contributed by atoms with Gasteiger partial charge in [0.1, 0.15) is 22.6 Å². The van der Waals surface area contributed by atoms with Crippen LogP contribution in [0, 0.1) is 6.92 Å². The van der Waals surface area contributed by atoms with Gasteiger partial charge in [0.25, 0.3) is 0 Å². The van der Waals surface area contributed by atoms with Crippen LogP contribution in [0.2, 0.25) is 0 Å². The van der Waals surface area contributed by atoms with Crippen LogP contribution in [0.3, 0.4) is 0 Å². The maximum atomic E-state index is 12.8. The summed E-state index contributed by atoms with van der Waals surface area (Å²) in [6.07, 6.45) is 2.08. The van der Waals surface area contributed by atoms with Crippen LogP contribution in [0.4, 0.5) is 0 Å². The van der Waals surface area contributed by atoms with Gasteiger partial charge in [-0.2, -0.15) is 5.10 Å². The lowest BCUT2D eigenvalue weighted by atomic mass is 9.97. The number of hydrogen-bond acceptors (Lipinski definition) is 5. The highest BCUT2D eigenvalue weighted by Crippen LogP contribution is 2.36. The molecule has 3 aromatic carbocycles. The van der Waals surface area contributed by atoms with Crippen molar-refractivity contribution in [1.82, 2.24) is 10.2 Å². The average molecular weight is 424 g/mol. The van der Waals surface area contributed by atoms with Gasteiger partial charge in [0.2, 0.25) is 0 Å². The van der Waals surface area contributed by atoms with E-state index in [4.69, 9.17) is 4.42 Å². The molecule has 6 nitrogen and oxygen atoms in total. The molecule has 0 aliphatic rings. The Labute approximate surface area is 183 Å². The summed E-state index contributed by atoms with van der Waals surface area (Å²) in [4.78, 5) is 12.8. The number of aromatic hydroxyl groups is 2. The Morgan fingerprint density at radius 1 is 0.969 bits per heavy atom. The van der Waals surface area contributed by atoms with Crippen molar-refractivity contribution < 1.29 is 14.6 Å². The molecule has 32 heavy (non-hydrogen) atoms. The lowest BCUT2D eigenvalue weighted by Gasteiger charge is -2.11. The van der Waals surface area contributed by atoms with Gasteiger partial charge in [0.15, 0.2) is 0 Å². The van der Waals surface area contributed by atoms with Crippen LogP contribution in [0.25, 0.3) is 33.4 Å². The van der Waals surface area contributed by atoms with Crippen LogP contribution in [0.5, 0.6) is 11.5 Å². The van der Waals surface area contributed by atoms with Crippen LogP contribution >= 0.6 is 0 Å². The second-order valence-corrected chi connectivity index (χ2v) is 7.74. The second kappa shape index (κ2) is 7.74. The van der Waals surface area contributed by atoms with Crippen molar-refractivity contribution in [3.63, 3.8) is 0 Å². The summed E-state index contributed by atoms with van der Waals surface area (Å²) in [6.45, 7) is 1.95. The highest BCUT2D eigenvalue weighted by Gasteiger charge is 2.19. The Bertz CT molecular complexity index is 1500. The highest BCUT2D eigenvalue weighted by atomic mass is 16.4. The number of nitrogens with one attached hydrogen (secondary N) is 1. The van der Waals surface area contributed by atoms with Gasteiger partial charge < -0.3 is 14.6 Å². The summed E-state index contributed by atoms with van der Waals surface area (Å²) in [7, 11) is 0. The standard InChI is InChI=1S/C26H20N2O4/c1-15-10-11-21(29)20(12-15)23-18(14-27-28-23)13-17-8-5-9-19-24(30)22(26(31)32-25(17)19)16-6-3-2-4-7-16/h2-12,14,29-30H,13H2,1H3,(H,27,28). The third-order valence-electron chi connectivity index (χ3n) is 5.57. The zero-order valence-electron chi connectivity index (χ0n) is 17.3. The Morgan fingerprint density at radius 3 is 2.59 bits per heavy atom. The van der Waals surface area contributed by atoms with E-state index >= 15 is 0 Å². The third kappa shape index (κ3) is 3.32. The summed E-state index contributed by atoms with van der Waals surface area (Å²) in [6, 6.07) is 19.7. The number of phenolic OH excluding ortho intramolecular Hbond substituents is 1. The molecule has 0 radical (unpaired) electrons. The first-order valence-corrected chi connectivity index (χ1v) is 10.2. The molecular weight excluding hydrogens is 404 g/mol. The molecule has 0 bridgehead atoms. The van der Waals surface area contributed by atoms with E-state index in [1.165, 1.54) is 0 Å². The second-order valence-electron chi connectivity index (χ2n) is 7.74. The molecule has 0 atom stereocenters. The quantitative estimate of drug-likeness (QED) is 0.346. The van der Waals surface area contributed by atoms with E-state index in [0.29, 0.717) is 34.2 Å². The minimum atomic E-state index is -0.600. The Morgan fingerprint density at radius 2 is 1.78 bits per heavy atom. The summed E-state index contributed by atoms with van der Waals surface area (Å²) >= 11 is 0. The van der Waals surface area contributed by atoms with E-state index in [1.807, 2.05) is 37.3 Å². The lowest BCUT2D eigenvalue weighted by molar-refractivity contribution is 0.470. The number of rotatable bonds is 4. The van der Waals surface area contributed by atoms with Crippen LogP contribution in [0.1, 0.15) is 16.7 Å². The maximum Gasteiger partial charge on any atom is 0.347 e.